The zero-order valence-electron chi connectivity index (χ0n) is 10.6. The van der Waals surface area contributed by atoms with Crippen molar-refractivity contribution in [2.24, 2.45) is 0 Å². The van der Waals surface area contributed by atoms with Crippen LogP contribution in [0.1, 0.15) is 11.1 Å². The summed E-state index contributed by atoms with van der Waals surface area (Å²) in [4.78, 5) is 11.8. The van der Waals surface area contributed by atoms with Crippen LogP contribution in [0.3, 0.4) is 0 Å². The fourth-order valence-corrected chi connectivity index (χ4v) is 2.91. The molecule has 0 saturated heterocycles. The average Bonchev–Trinajstić information content (AvgIpc) is 2.75. The number of hydrogen-bond donors (Lipinski definition) is 2. The summed E-state index contributed by atoms with van der Waals surface area (Å²) in [5.74, 6) is -0.0361. The van der Waals surface area contributed by atoms with Crippen molar-refractivity contribution < 1.29 is 4.79 Å². The predicted octanol–water partition coefficient (Wildman–Crippen LogP) is 3.55. The van der Waals surface area contributed by atoms with Crippen LogP contribution in [0.25, 0.3) is 0 Å². The van der Waals surface area contributed by atoms with Gasteiger partial charge in [-0.3, -0.25) is 4.79 Å². The van der Waals surface area contributed by atoms with Crippen molar-refractivity contribution in [3.8, 4) is 0 Å². The first kappa shape index (κ1) is 14.2. The van der Waals surface area contributed by atoms with Gasteiger partial charge in [0.15, 0.2) is 0 Å². The monoisotopic (exact) mass is 338 g/mol. The Balaban J connectivity index is 1.77. The standard InChI is InChI=1S/C14H15BrN2OS/c1-10-8-19-9-11(10)6-16-7-14(18)17-13-4-2-3-12(15)5-13/h2-5,8-9,16H,6-7H2,1H3,(H,17,18). The van der Waals surface area contributed by atoms with Crippen LogP contribution in [-0.4, -0.2) is 12.5 Å². The van der Waals surface area contributed by atoms with Crippen molar-refractivity contribution in [2.75, 3.05) is 11.9 Å². The van der Waals surface area contributed by atoms with Crippen LogP contribution in [0.5, 0.6) is 0 Å². The second-order valence-corrected chi connectivity index (χ2v) is 5.90. The van der Waals surface area contributed by atoms with Gasteiger partial charge in [-0.25, -0.2) is 0 Å². The number of thiophene rings is 1. The fourth-order valence-electron chi connectivity index (χ4n) is 1.65. The Bertz CT molecular complexity index is 568. The molecule has 100 valence electrons. The molecule has 0 aliphatic heterocycles. The predicted molar refractivity (Wildman–Crippen MR) is 83.5 cm³/mol. The molecule has 0 aliphatic carbocycles. The van der Waals surface area contributed by atoms with Crippen LogP contribution in [0.15, 0.2) is 39.5 Å². The third-order valence-electron chi connectivity index (χ3n) is 2.67. The molecule has 0 unspecified atom stereocenters. The summed E-state index contributed by atoms with van der Waals surface area (Å²) in [6.07, 6.45) is 0. The Morgan fingerprint density at radius 2 is 2.21 bits per heavy atom. The zero-order chi connectivity index (χ0) is 13.7. The summed E-state index contributed by atoms with van der Waals surface area (Å²) in [6.45, 7) is 3.11. The van der Waals surface area contributed by atoms with Crippen LogP contribution in [0.4, 0.5) is 5.69 Å². The molecular formula is C14H15BrN2OS. The normalized spacial score (nSPS) is 10.4. The molecule has 0 fully saturated rings. The Hall–Kier alpha value is -1.17. The minimum Gasteiger partial charge on any atom is -0.325 e. The summed E-state index contributed by atoms with van der Waals surface area (Å²) in [5, 5.41) is 10.2. The average molecular weight is 339 g/mol. The van der Waals surface area contributed by atoms with E-state index in [0.717, 1.165) is 16.7 Å². The lowest BCUT2D eigenvalue weighted by atomic mass is 10.2. The van der Waals surface area contributed by atoms with Crippen molar-refractivity contribution in [3.63, 3.8) is 0 Å². The number of carbonyl (C=O) groups excluding carboxylic acids is 1. The molecule has 2 aromatic rings. The van der Waals surface area contributed by atoms with Crippen LogP contribution >= 0.6 is 27.3 Å². The number of rotatable bonds is 5. The second-order valence-electron chi connectivity index (χ2n) is 4.24. The Labute approximate surface area is 125 Å². The maximum atomic E-state index is 11.8. The molecule has 5 heteroatoms. The van der Waals surface area contributed by atoms with Crippen LogP contribution in [0, 0.1) is 6.92 Å². The van der Waals surface area contributed by atoms with E-state index in [4.69, 9.17) is 0 Å². The zero-order valence-corrected chi connectivity index (χ0v) is 13.0. The highest BCUT2D eigenvalue weighted by atomic mass is 79.9. The number of halogens is 1. The van der Waals surface area contributed by atoms with E-state index in [0.29, 0.717) is 6.54 Å². The number of hydrogen-bond acceptors (Lipinski definition) is 3. The van der Waals surface area contributed by atoms with Gasteiger partial charge in [0.05, 0.1) is 6.54 Å². The highest BCUT2D eigenvalue weighted by Crippen LogP contribution is 2.15. The highest BCUT2D eigenvalue weighted by molar-refractivity contribution is 9.10. The Kier molecular flexibility index (Phi) is 5.13. The molecule has 0 radical (unpaired) electrons. The number of aryl methyl sites for hydroxylation is 1. The van der Waals surface area contributed by atoms with E-state index < -0.39 is 0 Å². The highest BCUT2D eigenvalue weighted by Gasteiger charge is 2.03. The van der Waals surface area contributed by atoms with Gasteiger partial charge >= 0.3 is 0 Å². The van der Waals surface area contributed by atoms with E-state index >= 15 is 0 Å². The van der Waals surface area contributed by atoms with E-state index in [1.807, 2.05) is 24.3 Å². The van der Waals surface area contributed by atoms with Crippen molar-refractivity contribution in [1.82, 2.24) is 5.32 Å². The molecule has 0 spiro atoms. The van der Waals surface area contributed by atoms with Gasteiger partial charge in [-0.2, -0.15) is 11.3 Å². The van der Waals surface area contributed by atoms with Crippen LogP contribution in [0.2, 0.25) is 0 Å². The van der Waals surface area contributed by atoms with Crippen molar-refractivity contribution in [2.45, 2.75) is 13.5 Å². The van der Waals surface area contributed by atoms with Crippen LogP contribution in [-0.2, 0) is 11.3 Å². The lowest BCUT2D eigenvalue weighted by molar-refractivity contribution is -0.115. The number of carbonyl (C=O) groups is 1. The van der Waals surface area contributed by atoms with E-state index in [-0.39, 0.29) is 5.91 Å². The van der Waals surface area contributed by atoms with Gasteiger partial charge in [-0.05, 0) is 47.0 Å². The maximum absolute atomic E-state index is 11.8. The molecule has 0 aliphatic rings. The van der Waals surface area contributed by atoms with Gasteiger partial charge in [-0.1, -0.05) is 22.0 Å². The van der Waals surface area contributed by atoms with Gasteiger partial charge in [0.25, 0.3) is 0 Å². The number of anilines is 1. The third kappa shape index (κ3) is 4.45. The molecule has 0 saturated carbocycles. The molecule has 1 aromatic carbocycles. The first-order chi connectivity index (χ1) is 9.15. The first-order valence-corrected chi connectivity index (χ1v) is 7.66. The topological polar surface area (TPSA) is 41.1 Å². The van der Waals surface area contributed by atoms with E-state index in [1.54, 1.807) is 11.3 Å². The van der Waals surface area contributed by atoms with E-state index in [9.17, 15) is 4.79 Å². The van der Waals surface area contributed by atoms with Gasteiger partial charge in [-0.15, -0.1) is 0 Å². The lowest BCUT2D eigenvalue weighted by Crippen LogP contribution is -2.27. The molecule has 2 N–H and O–H groups in total. The minimum atomic E-state index is -0.0361. The summed E-state index contributed by atoms with van der Waals surface area (Å²) < 4.78 is 0.951. The first-order valence-electron chi connectivity index (χ1n) is 5.93. The second kappa shape index (κ2) is 6.84. The molecule has 1 amide bonds. The van der Waals surface area contributed by atoms with Crippen LogP contribution < -0.4 is 10.6 Å². The number of amides is 1. The molecule has 3 nitrogen and oxygen atoms in total. The quantitative estimate of drug-likeness (QED) is 0.875. The molecule has 0 atom stereocenters. The Morgan fingerprint density at radius 3 is 2.89 bits per heavy atom. The van der Waals surface area contributed by atoms with Crippen molar-refractivity contribution >= 4 is 38.9 Å². The Morgan fingerprint density at radius 1 is 1.37 bits per heavy atom. The fraction of sp³-hybridized carbons (Fsp3) is 0.214. The SMILES string of the molecule is Cc1cscc1CNCC(=O)Nc1cccc(Br)c1. The van der Waals surface area contributed by atoms with Gasteiger partial charge in [0.2, 0.25) is 5.91 Å². The third-order valence-corrected chi connectivity index (χ3v) is 4.07. The molecule has 2 rings (SSSR count). The summed E-state index contributed by atoms with van der Waals surface area (Å²) in [5.41, 5.74) is 3.32. The minimum absolute atomic E-state index is 0.0361. The van der Waals surface area contributed by atoms with E-state index in [2.05, 4.69) is 44.2 Å². The largest absolute Gasteiger partial charge is 0.325 e. The van der Waals surface area contributed by atoms with Gasteiger partial charge in [0, 0.05) is 16.7 Å². The lowest BCUT2D eigenvalue weighted by Gasteiger charge is -2.07. The summed E-state index contributed by atoms with van der Waals surface area (Å²) in [6, 6.07) is 7.56. The van der Waals surface area contributed by atoms with Crippen molar-refractivity contribution in [3.05, 3.63) is 50.6 Å². The molecule has 0 bridgehead atoms. The van der Waals surface area contributed by atoms with Gasteiger partial charge < -0.3 is 10.6 Å². The summed E-state index contributed by atoms with van der Waals surface area (Å²) >= 11 is 5.06. The molecule has 1 heterocycles. The number of benzene rings is 1. The molecule has 1 aromatic heterocycles. The summed E-state index contributed by atoms with van der Waals surface area (Å²) in [7, 11) is 0. The van der Waals surface area contributed by atoms with Crippen molar-refractivity contribution in [1.29, 1.82) is 0 Å². The van der Waals surface area contributed by atoms with E-state index in [1.165, 1.54) is 11.1 Å². The molecule has 19 heavy (non-hydrogen) atoms. The molecular weight excluding hydrogens is 324 g/mol. The number of nitrogens with one attached hydrogen (secondary N) is 2. The van der Waals surface area contributed by atoms with Gasteiger partial charge in [0.1, 0.15) is 0 Å². The maximum Gasteiger partial charge on any atom is 0.238 e. The smallest absolute Gasteiger partial charge is 0.238 e.